The molecule has 0 saturated heterocycles. The minimum atomic E-state index is 0.560. The predicted octanol–water partition coefficient (Wildman–Crippen LogP) is 3.16. The molecule has 17 heavy (non-hydrogen) atoms. The molecule has 0 bridgehead atoms. The molecule has 0 aliphatic rings. The van der Waals surface area contributed by atoms with Crippen molar-refractivity contribution in [1.29, 1.82) is 0 Å². The Morgan fingerprint density at radius 3 is 2.76 bits per heavy atom. The zero-order valence-corrected chi connectivity index (χ0v) is 12.5. The summed E-state index contributed by atoms with van der Waals surface area (Å²) in [6, 6.07) is 3.73. The van der Waals surface area contributed by atoms with Crippen molar-refractivity contribution in [3.63, 3.8) is 0 Å². The number of ether oxygens (including phenoxy) is 1. The van der Waals surface area contributed by atoms with Crippen molar-refractivity contribution in [3.05, 3.63) is 27.0 Å². The molecule has 0 amide bonds. The molecular weight excluding hydrogens is 354 g/mol. The number of anilines is 1. The van der Waals surface area contributed by atoms with Gasteiger partial charge in [-0.05, 0) is 37.9 Å². The van der Waals surface area contributed by atoms with E-state index < -0.39 is 0 Å². The molecule has 1 N–H and O–H groups in total. The van der Waals surface area contributed by atoms with Crippen LogP contribution in [0.15, 0.2) is 25.7 Å². The SMILES string of the molecule is COc1cc(NCc2cc(Br)c(Br)o2)nn1C. The first-order valence-electron chi connectivity index (χ1n) is 4.85. The number of halogens is 2. The highest BCUT2D eigenvalue weighted by Gasteiger charge is 2.08. The van der Waals surface area contributed by atoms with Crippen LogP contribution in [0.25, 0.3) is 0 Å². The molecule has 7 heteroatoms. The lowest BCUT2D eigenvalue weighted by Crippen LogP contribution is -2.00. The highest BCUT2D eigenvalue weighted by Crippen LogP contribution is 2.27. The first kappa shape index (κ1) is 12.5. The highest BCUT2D eigenvalue weighted by atomic mass is 79.9. The third-order valence-electron chi connectivity index (χ3n) is 2.19. The maximum Gasteiger partial charge on any atom is 0.213 e. The van der Waals surface area contributed by atoms with Gasteiger partial charge in [-0.1, -0.05) is 0 Å². The average molecular weight is 365 g/mol. The maximum absolute atomic E-state index is 5.44. The van der Waals surface area contributed by atoms with Crippen LogP contribution in [0.2, 0.25) is 0 Å². The molecule has 0 aliphatic carbocycles. The van der Waals surface area contributed by atoms with Crippen molar-refractivity contribution in [3.8, 4) is 5.88 Å². The van der Waals surface area contributed by atoms with Crippen LogP contribution in [0, 0.1) is 0 Å². The second kappa shape index (κ2) is 5.14. The first-order valence-corrected chi connectivity index (χ1v) is 6.44. The van der Waals surface area contributed by atoms with Crippen LogP contribution in [0.3, 0.4) is 0 Å². The quantitative estimate of drug-likeness (QED) is 0.905. The zero-order valence-electron chi connectivity index (χ0n) is 9.33. The Balaban J connectivity index is 2.02. The summed E-state index contributed by atoms with van der Waals surface area (Å²) in [6.45, 7) is 0.560. The van der Waals surface area contributed by atoms with E-state index >= 15 is 0 Å². The highest BCUT2D eigenvalue weighted by molar-refractivity contribution is 9.13. The third-order valence-corrected chi connectivity index (χ3v) is 3.90. The largest absolute Gasteiger partial charge is 0.481 e. The zero-order chi connectivity index (χ0) is 12.4. The molecule has 5 nitrogen and oxygen atoms in total. The van der Waals surface area contributed by atoms with Gasteiger partial charge in [0.05, 0.1) is 18.1 Å². The minimum absolute atomic E-state index is 0.560. The molecule has 2 aromatic heterocycles. The smallest absolute Gasteiger partial charge is 0.213 e. The van der Waals surface area contributed by atoms with Gasteiger partial charge in [-0.2, -0.15) is 5.10 Å². The van der Waals surface area contributed by atoms with Crippen LogP contribution < -0.4 is 10.1 Å². The van der Waals surface area contributed by atoms with Gasteiger partial charge in [-0.3, -0.25) is 0 Å². The molecule has 2 aromatic rings. The van der Waals surface area contributed by atoms with E-state index in [0.717, 1.165) is 16.1 Å². The number of nitrogens with zero attached hydrogens (tertiary/aromatic N) is 2. The predicted molar refractivity (Wildman–Crippen MR) is 71.2 cm³/mol. The van der Waals surface area contributed by atoms with Gasteiger partial charge in [0.25, 0.3) is 0 Å². The van der Waals surface area contributed by atoms with E-state index in [9.17, 15) is 0 Å². The molecular formula is C10H11Br2N3O2. The van der Waals surface area contributed by atoms with Crippen LogP contribution in [-0.2, 0) is 13.6 Å². The second-order valence-electron chi connectivity index (χ2n) is 3.38. The van der Waals surface area contributed by atoms with Gasteiger partial charge in [0.15, 0.2) is 10.5 Å². The van der Waals surface area contributed by atoms with Crippen molar-refractivity contribution in [2.75, 3.05) is 12.4 Å². The van der Waals surface area contributed by atoms with E-state index in [0.29, 0.717) is 17.1 Å². The Kier molecular flexibility index (Phi) is 3.78. The number of rotatable bonds is 4. The summed E-state index contributed by atoms with van der Waals surface area (Å²) in [5, 5.41) is 7.39. The summed E-state index contributed by atoms with van der Waals surface area (Å²) in [5.74, 6) is 2.26. The van der Waals surface area contributed by atoms with Crippen molar-refractivity contribution >= 4 is 37.7 Å². The molecule has 0 unspecified atom stereocenters. The van der Waals surface area contributed by atoms with E-state index in [1.165, 1.54) is 0 Å². The van der Waals surface area contributed by atoms with E-state index in [1.807, 2.05) is 19.2 Å². The van der Waals surface area contributed by atoms with Crippen LogP contribution in [0.1, 0.15) is 5.76 Å². The summed E-state index contributed by atoms with van der Waals surface area (Å²) in [5.41, 5.74) is 0. The van der Waals surface area contributed by atoms with Crippen molar-refractivity contribution in [1.82, 2.24) is 9.78 Å². The average Bonchev–Trinajstić information content (AvgIpc) is 2.80. The Labute approximate surface area is 115 Å². The van der Waals surface area contributed by atoms with Crippen LogP contribution >= 0.6 is 31.9 Å². The van der Waals surface area contributed by atoms with Crippen LogP contribution in [-0.4, -0.2) is 16.9 Å². The lowest BCUT2D eigenvalue weighted by atomic mass is 10.4. The topological polar surface area (TPSA) is 52.2 Å². The molecule has 0 aromatic carbocycles. The third kappa shape index (κ3) is 2.84. The molecule has 2 rings (SSSR count). The number of methoxy groups -OCH3 is 1. The minimum Gasteiger partial charge on any atom is -0.481 e. The van der Waals surface area contributed by atoms with Crippen molar-refractivity contribution in [2.45, 2.75) is 6.54 Å². The van der Waals surface area contributed by atoms with E-state index in [-0.39, 0.29) is 0 Å². The molecule has 0 atom stereocenters. The number of aromatic nitrogens is 2. The number of hydrogen-bond acceptors (Lipinski definition) is 4. The van der Waals surface area contributed by atoms with Crippen LogP contribution in [0.5, 0.6) is 5.88 Å². The summed E-state index contributed by atoms with van der Waals surface area (Å²) >= 11 is 6.65. The Morgan fingerprint density at radius 2 is 2.24 bits per heavy atom. The Hall–Kier alpha value is -0.950. The lowest BCUT2D eigenvalue weighted by Gasteiger charge is -1.98. The summed E-state index contributed by atoms with van der Waals surface area (Å²) in [7, 11) is 3.44. The van der Waals surface area contributed by atoms with Gasteiger partial charge in [-0.25, -0.2) is 4.68 Å². The number of aryl methyl sites for hydroxylation is 1. The molecule has 0 aliphatic heterocycles. The van der Waals surface area contributed by atoms with Gasteiger partial charge in [0.1, 0.15) is 5.76 Å². The maximum atomic E-state index is 5.44. The van der Waals surface area contributed by atoms with Gasteiger partial charge in [-0.15, -0.1) is 0 Å². The van der Waals surface area contributed by atoms with E-state index in [2.05, 4.69) is 42.3 Å². The first-order chi connectivity index (χ1) is 8.10. The fraction of sp³-hybridized carbons (Fsp3) is 0.300. The van der Waals surface area contributed by atoms with Crippen molar-refractivity contribution < 1.29 is 9.15 Å². The van der Waals surface area contributed by atoms with E-state index in [4.69, 9.17) is 9.15 Å². The van der Waals surface area contributed by atoms with Gasteiger partial charge in [0.2, 0.25) is 5.88 Å². The number of hydrogen-bond donors (Lipinski definition) is 1. The summed E-state index contributed by atoms with van der Waals surface area (Å²) < 4.78 is 13.8. The van der Waals surface area contributed by atoms with Crippen LogP contribution in [0.4, 0.5) is 5.82 Å². The molecule has 2 heterocycles. The van der Waals surface area contributed by atoms with E-state index in [1.54, 1.807) is 11.8 Å². The number of nitrogens with one attached hydrogen (secondary N) is 1. The number of furan rings is 1. The van der Waals surface area contributed by atoms with Gasteiger partial charge >= 0.3 is 0 Å². The Morgan fingerprint density at radius 1 is 1.47 bits per heavy atom. The molecule has 0 spiro atoms. The monoisotopic (exact) mass is 363 g/mol. The standard InChI is InChI=1S/C10H11Br2N3O2/c1-15-9(16-2)4-8(14-15)13-5-6-3-7(11)10(12)17-6/h3-4H,5H2,1-2H3,(H,13,14). The Bertz CT molecular complexity index is 502. The second-order valence-corrected chi connectivity index (χ2v) is 4.96. The molecule has 92 valence electrons. The fourth-order valence-electron chi connectivity index (χ4n) is 1.38. The lowest BCUT2D eigenvalue weighted by molar-refractivity contribution is 0.373. The fourth-order valence-corrected chi connectivity index (χ4v) is 2.04. The van der Waals surface area contributed by atoms with Gasteiger partial charge in [0, 0.05) is 13.1 Å². The molecule has 0 radical (unpaired) electrons. The van der Waals surface area contributed by atoms with Gasteiger partial charge < -0.3 is 14.5 Å². The summed E-state index contributed by atoms with van der Waals surface area (Å²) in [4.78, 5) is 0. The molecule has 0 fully saturated rings. The summed E-state index contributed by atoms with van der Waals surface area (Å²) in [6.07, 6.45) is 0. The normalized spacial score (nSPS) is 10.6. The molecule has 0 saturated carbocycles. The van der Waals surface area contributed by atoms with Crippen molar-refractivity contribution in [2.24, 2.45) is 7.05 Å².